The van der Waals surface area contributed by atoms with E-state index in [9.17, 15) is 4.79 Å². The maximum absolute atomic E-state index is 12.2. The van der Waals surface area contributed by atoms with Gasteiger partial charge in [0.25, 0.3) is 5.91 Å². The molecule has 3 rings (SSSR count). The van der Waals surface area contributed by atoms with Gasteiger partial charge in [0, 0.05) is 18.9 Å². The highest BCUT2D eigenvalue weighted by molar-refractivity contribution is 6.06. The number of ether oxygens (including phenoxy) is 1. The van der Waals surface area contributed by atoms with E-state index in [1.807, 2.05) is 19.2 Å². The Morgan fingerprint density at radius 1 is 1.36 bits per heavy atom. The predicted molar refractivity (Wildman–Crippen MR) is 83.9 cm³/mol. The fraction of sp³-hybridized carbons (Fsp3) is 0.133. The minimum atomic E-state index is -0.355. The summed E-state index contributed by atoms with van der Waals surface area (Å²) in [5.74, 6) is 0.191. The van der Waals surface area contributed by atoms with Gasteiger partial charge in [-0.25, -0.2) is 4.98 Å². The van der Waals surface area contributed by atoms with Crippen molar-refractivity contribution in [3.63, 3.8) is 0 Å². The molecule has 7 nitrogen and oxygen atoms in total. The number of nitrogens with one attached hydrogen (secondary N) is 1. The summed E-state index contributed by atoms with van der Waals surface area (Å²) in [6, 6.07) is 8.77. The monoisotopic (exact) mass is 297 g/mol. The maximum atomic E-state index is 12.2. The molecule has 0 aliphatic carbocycles. The number of benzene rings is 1. The maximum Gasteiger partial charge on any atom is 0.276 e. The third-order valence-corrected chi connectivity index (χ3v) is 3.32. The molecule has 2 heterocycles. The summed E-state index contributed by atoms with van der Waals surface area (Å²) in [4.78, 5) is 16.2. The van der Waals surface area contributed by atoms with Crippen molar-refractivity contribution < 1.29 is 9.53 Å². The predicted octanol–water partition coefficient (Wildman–Crippen LogP) is 1.81. The Bertz CT molecular complexity index is 856. The molecule has 0 bridgehead atoms. The number of pyridine rings is 1. The molecule has 0 aliphatic rings. The van der Waals surface area contributed by atoms with Crippen molar-refractivity contribution in [2.75, 3.05) is 18.2 Å². The molecule has 0 spiro atoms. The summed E-state index contributed by atoms with van der Waals surface area (Å²) in [5, 5.41) is 7.91. The number of amides is 1. The number of rotatable bonds is 3. The first-order valence-corrected chi connectivity index (χ1v) is 6.62. The van der Waals surface area contributed by atoms with Crippen molar-refractivity contribution in [1.82, 2.24) is 14.8 Å². The highest BCUT2D eigenvalue weighted by Gasteiger charge is 2.13. The van der Waals surface area contributed by atoms with E-state index in [0.717, 1.165) is 10.9 Å². The second-order valence-electron chi connectivity index (χ2n) is 4.76. The molecule has 0 atom stereocenters. The number of hydrogen-bond donors (Lipinski definition) is 2. The van der Waals surface area contributed by atoms with Gasteiger partial charge in [-0.05, 0) is 30.3 Å². The van der Waals surface area contributed by atoms with E-state index in [1.165, 1.54) is 6.20 Å². The van der Waals surface area contributed by atoms with Crippen molar-refractivity contribution >= 4 is 28.2 Å². The summed E-state index contributed by atoms with van der Waals surface area (Å²) in [6.07, 6.45) is 1.53. The molecule has 3 aromatic rings. The molecule has 1 aromatic carbocycles. The van der Waals surface area contributed by atoms with Gasteiger partial charge >= 0.3 is 0 Å². The summed E-state index contributed by atoms with van der Waals surface area (Å²) < 4.78 is 6.90. The first kappa shape index (κ1) is 13.9. The number of methoxy groups -OCH3 is 1. The average molecular weight is 297 g/mol. The van der Waals surface area contributed by atoms with E-state index in [2.05, 4.69) is 15.4 Å². The molecule has 0 saturated carbocycles. The summed E-state index contributed by atoms with van der Waals surface area (Å²) in [7, 11) is 3.38. The number of aryl methyl sites for hydroxylation is 1. The van der Waals surface area contributed by atoms with Crippen LogP contribution in [-0.2, 0) is 7.05 Å². The van der Waals surface area contributed by atoms with Crippen LogP contribution in [0.25, 0.3) is 10.9 Å². The number of carbonyl (C=O) groups is 1. The Kier molecular flexibility index (Phi) is 3.38. The number of carbonyl (C=O) groups excluding carboxylic acids is 1. The Morgan fingerprint density at radius 2 is 2.18 bits per heavy atom. The Labute approximate surface area is 126 Å². The number of aromatic nitrogens is 3. The first-order valence-electron chi connectivity index (χ1n) is 6.62. The molecule has 22 heavy (non-hydrogen) atoms. The van der Waals surface area contributed by atoms with E-state index in [4.69, 9.17) is 10.5 Å². The second kappa shape index (κ2) is 5.36. The minimum Gasteiger partial charge on any atom is -0.479 e. The lowest BCUT2D eigenvalue weighted by atomic mass is 10.2. The Morgan fingerprint density at radius 3 is 2.91 bits per heavy atom. The fourth-order valence-corrected chi connectivity index (χ4v) is 2.25. The number of anilines is 2. The van der Waals surface area contributed by atoms with Gasteiger partial charge in [0.05, 0.1) is 23.7 Å². The smallest absolute Gasteiger partial charge is 0.276 e. The standard InChI is InChI=1S/C15H15N5O2/c1-20-12-8-9(5-6-10(12)15(19-20)22-2)18-14(21)13-11(16)4-3-7-17-13/h3-8H,16H2,1-2H3,(H,18,21). The molecule has 1 amide bonds. The number of fused-ring (bicyclic) bond motifs is 1. The van der Waals surface area contributed by atoms with Crippen molar-refractivity contribution in [3.8, 4) is 5.88 Å². The average Bonchev–Trinajstić information content (AvgIpc) is 2.84. The van der Waals surface area contributed by atoms with E-state index in [1.54, 1.807) is 30.0 Å². The van der Waals surface area contributed by atoms with Gasteiger partial charge in [0.15, 0.2) is 5.69 Å². The van der Waals surface area contributed by atoms with Crippen LogP contribution in [0.3, 0.4) is 0 Å². The van der Waals surface area contributed by atoms with Crippen molar-refractivity contribution in [2.45, 2.75) is 0 Å². The lowest BCUT2D eigenvalue weighted by molar-refractivity contribution is 0.102. The van der Waals surface area contributed by atoms with Gasteiger partial charge in [0.1, 0.15) is 0 Å². The molecule has 0 fully saturated rings. The lowest BCUT2D eigenvalue weighted by Crippen LogP contribution is -2.15. The molecule has 0 unspecified atom stereocenters. The summed E-state index contributed by atoms with van der Waals surface area (Å²) in [6.45, 7) is 0. The molecule has 2 aromatic heterocycles. The zero-order valence-electron chi connectivity index (χ0n) is 12.2. The van der Waals surface area contributed by atoms with Crippen molar-refractivity contribution in [1.29, 1.82) is 0 Å². The highest BCUT2D eigenvalue weighted by atomic mass is 16.5. The topological polar surface area (TPSA) is 95.1 Å². The number of nitrogens with zero attached hydrogens (tertiary/aromatic N) is 3. The van der Waals surface area contributed by atoms with Gasteiger partial charge in [-0.2, -0.15) is 0 Å². The van der Waals surface area contributed by atoms with Gasteiger partial charge in [-0.15, -0.1) is 5.10 Å². The van der Waals surface area contributed by atoms with E-state index in [0.29, 0.717) is 17.3 Å². The molecule has 0 radical (unpaired) electrons. The lowest BCUT2D eigenvalue weighted by Gasteiger charge is -2.07. The van der Waals surface area contributed by atoms with Gasteiger partial charge in [-0.3, -0.25) is 9.48 Å². The van der Waals surface area contributed by atoms with Crippen LogP contribution < -0.4 is 15.8 Å². The molecule has 3 N–H and O–H groups in total. The van der Waals surface area contributed by atoms with Crippen LogP contribution in [0.5, 0.6) is 5.88 Å². The molecule has 112 valence electrons. The van der Waals surface area contributed by atoms with Gasteiger partial charge < -0.3 is 15.8 Å². The molecule has 0 saturated heterocycles. The third-order valence-electron chi connectivity index (χ3n) is 3.32. The zero-order valence-corrected chi connectivity index (χ0v) is 12.2. The van der Waals surface area contributed by atoms with Crippen LogP contribution in [0.2, 0.25) is 0 Å². The summed E-state index contributed by atoms with van der Waals surface area (Å²) >= 11 is 0. The third kappa shape index (κ3) is 2.32. The van der Waals surface area contributed by atoms with Crippen LogP contribution >= 0.6 is 0 Å². The van der Waals surface area contributed by atoms with Crippen LogP contribution in [-0.4, -0.2) is 27.8 Å². The molecule has 0 aliphatic heterocycles. The highest BCUT2D eigenvalue weighted by Crippen LogP contribution is 2.27. The fourth-order valence-electron chi connectivity index (χ4n) is 2.25. The Hall–Kier alpha value is -3.09. The zero-order chi connectivity index (χ0) is 15.7. The van der Waals surface area contributed by atoms with Crippen LogP contribution in [0, 0.1) is 0 Å². The SMILES string of the molecule is COc1nn(C)c2cc(NC(=O)c3ncccc3N)ccc12. The van der Waals surface area contributed by atoms with Crippen LogP contribution in [0.15, 0.2) is 36.5 Å². The number of hydrogen-bond acceptors (Lipinski definition) is 5. The van der Waals surface area contributed by atoms with Crippen molar-refractivity contribution in [3.05, 3.63) is 42.2 Å². The molecule has 7 heteroatoms. The first-order chi connectivity index (χ1) is 10.6. The molecular formula is C15H15N5O2. The minimum absolute atomic E-state index is 0.199. The second-order valence-corrected chi connectivity index (χ2v) is 4.76. The Balaban J connectivity index is 1.93. The number of nitrogen functional groups attached to an aromatic ring is 1. The van der Waals surface area contributed by atoms with Gasteiger partial charge in [0.2, 0.25) is 5.88 Å². The van der Waals surface area contributed by atoms with E-state index in [-0.39, 0.29) is 11.6 Å². The van der Waals surface area contributed by atoms with E-state index >= 15 is 0 Å². The van der Waals surface area contributed by atoms with E-state index < -0.39 is 0 Å². The molecular weight excluding hydrogens is 282 g/mol. The number of nitrogens with two attached hydrogens (primary N) is 1. The van der Waals surface area contributed by atoms with Crippen molar-refractivity contribution in [2.24, 2.45) is 7.05 Å². The normalized spacial score (nSPS) is 10.6. The van der Waals surface area contributed by atoms with Gasteiger partial charge in [-0.1, -0.05) is 0 Å². The summed E-state index contributed by atoms with van der Waals surface area (Å²) in [5.41, 5.74) is 7.78. The van der Waals surface area contributed by atoms with Crippen LogP contribution in [0.1, 0.15) is 10.5 Å². The largest absolute Gasteiger partial charge is 0.479 e. The quantitative estimate of drug-likeness (QED) is 0.768. The van der Waals surface area contributed by atoms with Crippen LogP contribution in [0.4, 0.5) is 11.4 Å².